The van der Waals surface area contributed by atoms with Crippen LogP contribution in [0, 0.1) is 6.92 Å². The summed E-state index contributed by atoms with van der Waals surface area (Å²) in [7, 11) is 0. The molecule has 1 aromatic heterocycles. The molecular weight excluding hydrogens is 288 g/mol. The van der Waals surface area contributed by atoms with E-state index in [4.69, 9.17) is 19.7 Å². The molecule has 17 heavy (non-hydrogen) atoms. The zero-order valence-electron chi connectivity index (χ0n) is 8.99. The second-order valence-corrected chi connectivity index (χ2v) is 4.57. The minimum atomic E-state index is 0.233. The van der Waals surface area contributed by atoms with E-state index in [9.17, 15) is 0 Å². The molecule has 2 N–H and O–H groups in total. The van der Waals surface area contributed by atoms with E-state index >= 15 is 0 Å². The van der Waals surface area contributed by atoms with E-state index in [-0.39, 0.29) is 6.79 Å². The first-order valence-electron chi connectivity index (χ1n) is 4.98. The first kappa shape index (κ1) is 10.5. The number of nitrogens with two attached hydrogens (primary N) is 1. The van der Waals surface area contributed by atoms with E-state index in [1.165, 1.54) is 0 Å². The fourth-order valence-corrected chi connectivity index (χ4v) is 2.35. The number of nitrogen functional groups attached to an aromatic ring is 1. The summed E-state index contributed by atoms with van der Waals surface area (Å²) in [6.07, 6.45) is 0. The molecule has 0 saturated heterocycles. The summed E-state index contributed by atoms with van der Waals surface area (Å²) in [5.41, 5.74) is 7.37. The average Bonchev–Trinajstić information content (AvgIpc) is 2.91. The van der Waals surface area contributed by atoms with Crippen LogP contribution in [0.4, 0.5) is 5.82 Å². The van der Waals surface area contributed by atoms with Crippen molar-refractivity contribution in [1.82, 2.24) is 5.16 Å². The number of rotatable bonds is 1. The highest BCUT2D eigenvalue weighted by Gasteiger charge is 2.23. The van der Waals surface area contributed by atoms with E-state index in [1.807, 2.05) is 13.0 Å². The maximum absolute atomic E-state index is 5.54. The van der Waals surface area contributed by atoms with Gasteiger partial charge in [0.1, 0.15) is 0 Å². The second-order valence-electron chi connectivity index (χ2n) is 3.71. The zero-order valence-corrected chi connectivity index (χ0v) is 10.6. The summed E-state index contributed by atoms with van der Waals surface area (Å²) in [5.74, 6) is 2.41. The minimum Gasteiger partial charge on any atom is -0.453 e. The van der Waals surface area contributed by atoms with E-state index in [2.05, 4.69) is 21.1 Å². The van der Waals surface area contributed by atoms with Gasteiger partial charge in [0.05, 0.1) is 4.47 Å². The molecule has 0 unspecified atom stereocenters. The molecule has 88 valence electrons. The Balaban J connectivity index is 2.22. The SMILES string of the molecule is Cc1c(-c2cc(N)no2)cc(Br)c2c1OCO2. The van der Waals surface area contributed by atoms with Crippen molar-refractivity contribution in [2.45, 2.75) is 6.92 Å². The Morgan fingerprint density at radius 3 is 2.76 bits per heavy atom. The molecule has 0 saturated carbocycles. The van der Waals surface area contributed by atoms with Crippen LogP contribution in [0.25, 0.3) is 11.3 Å². The maximum atomic E-state index is 5.54. The Morgan fingerprint density at radius 2 is 2.06 bits per heavy atom. The number of hydrogen-bond donors (Lipinski definition) is 1. The molecule has 0 amide bonds. The van der Waals surface area contributed by atoms with Gasteiger partial charge in [0.25, 0.3) is 0 Å². The van der Waals surface area contributed by atoms with Crippen LogP contribution < -0.4 is 15.2 Å². The Kier molecular flexibility index (Phi) is 2.25. The number of ether oxygens (including phenoxy) is 2. The molecule has 1 aliphatic rings. The zero-order chi connectivity index (χ0) is 12.0. The molecule has 1 aromatic carbocycles. The Bertz CT molecular complexity index is 595. The van der Waals surface area contributed by atoms with E-state index in [0.717, 1.165) is 27.1 Å². The molecule has 3 rings (SSSR count). The molecule has 0 atom stereocenters. The number of fused-ring (bicyclic) bond motifs is 1. The van der Waals surface area contributed by atoms with Crippen LogP contribution in [0.3, 0.4) is 0 Å². The average molecular weight is 297 g/mol. The van der Waals surface area contributed by atoms with Crippen molar-refractivity contribution in [2.75, 3.05) is 12.5 Å². The highest BCUT2D eigenvalue weighted by atomic mass is 79.9. The van der Waals surface area contributed by atoms with Crippen LogP contribution in [-0.4, -0.2) is 11.9 Å². The van der Waals surface area contributed by atoms with Crippen LogP contribution in [0.2, 0.25) is 0 Å². The quantitative estimate of drug-likeness (QED) is 0.876. The largest absolute Gasteiger partial charge is 0.453 e. The summed E-state index contributed by atoms with van der Waals surface area (Å²) in [6.45, 7) is 2.17. The van der Waals surface area contributed by atoms with Crippen molar-refractivity contribution < 1.29 is 14.0 Å². The number of benzene rings is 1. The molecule has 0 radical (unpaired) electrons. The molecule has 2 aromatic rings. The van der Waals surface area contributed by atoms with Gasteiger partial charge in [-0.05, 0) is 28.9 Å². The van der Waals surface area contributed by atoms with Crippen molar-refractivity contribution in [3.05, 3.63) is 22.2 Å². The van der Waals surface area contributed by atoms with Gasteiger partial charge in [0.15, 0.2) is 23.1 Å². The number of halogens is 1. The van der Waals surface area contributed by atoms with Crippen molar-refractivity contribution in [3.8, 4) is 22.8 Å². The summed E-state index contributed by atoms with van der Waals surface area (Å²) in [4.78, 5) is 0. The van der Waals surface area contributed by atoms with Gasteiger partial charge in [-0.3, -0.25) is 0 Å². The second kappa shape index (κ2) is 3.66. The normalized spacial score (nSPS) is 13.1. The first-order valence-corrected chi connectivity index (χ1v) is 5.77. The van der Waals surface area contributed by atoms with Crippen molar-refractivity contribution in [2.24, 2.45) is 0 Å². The molecule has 0 fully saturated rings. The highest BCUT2D eigenvalue weighted by molar-refractivity contribution is 9.10. The van der Waals surface area contributed by atoms with Crippen molar-refractivity contribution in [3.63, 3.8) is 0 Å². The van der Waals surface area contributed by atoms with Crippen LogP contribution in [0.15, 0.2) is 21.1 Å². The smallest absolute Gasteiger partial charge is 0.231 e. The topological polar surface area (TPSA) is 70.5 Å². The molecule has 2 heterocycles. The van der Waals surface area contributed by atoms with Crippen LogP contribution in [0.1, 0.15) is 5.56 Å². The van der Waals surface area contributed by atoms with Gasteiger partial charge in [0, 0.05) is 17.2 Å². The molecule has 0 bridgehead atoms. The van der Waals surface area contributed by atoms with Gasteiger partial charge < -0.3 is 19.7 Å². The first-order chi connectivity index (χ1) is 8.16. The Hall–Kier alpha value is -1.69. The third-order valence-electron chi connectivity index (χ3n) is 2.64. The summed E-state index contributed by atoms with van der Waals surface area (Å²) in [6, 6.07) is 3.58. The van der Waals surface area contributed by atoms with E-state index in [0.29, 0.717) is 11.6 Å². The fourth-order valence-electron chi connectivity index (χ4n) is 1.83. The maximum Gasteiger partial charge on any atom is 0.231 e. The Morgan fingerprint density at radius 1 is 1.29 bits per heavy atom. The lowest BCUT2D eigenvalue weighted by Crippen LogP contribution is -1.93. The van der Waals surface area contributed by atoms with Gasteiger partial charge in [-0.1, -0.05) is 5.16 Å². The standard InChI is InChI=1S/C11H9BrN2O3/c1-5-6(8-3-9(13)14-17-8)2-7(12)11-10(5)15-4-16-11/h2-3H,4H2,1H3,(H2,13,14). The van der Waals surface area contributed by atoms with Crippen molar-refractivity contribution in [1.29, 1.82) is 0 Å². The summed E-state index contributed by atoms with van der Waals surface area (Å²) in [5, 5.41) is 3.67. The van der Waals surface area contributed by atoms with Crippen molar-refractivity contribution >= 4 is 21.7 Å². The lowest BCUT2D eigenvalue weighted by Gasteiger charge is -2.07. The predicted octanol–water partition coefficient (Wildman–Crippen LogP) is 2.72. The molecule has 0 aliphatic carbocycles. The predicted molar refractivity (Wildman–Crippen MR) is 64.9 cm³/mol. The van der Waals surface area contributed by atoms with Gasteiger partial charge in [-0.15, -0.1) is 0 Å². The van der Waals surface area contributed by atoms with Gasteiger partial charge in [0.2, 0.25) is 6.79 Å². The summed E-state index contributed by atoms with van der Waals surface area (Å²) < 4.78 is 16.8. The molecule has 0 spiro atoms. The van der Waals surface area contributed by atoms with E-state index in [1.54, 1.807) is 6.07 Å². The number of hydrogen-bond acceptors (Lipinski definition) is 5. The van der Waals surface area contributed by atoms with Gasteiger partial charge in [-0.2, -0.15) is 0 Å². The van der Waals surface area contributed by atoms with Crippen LogP contribution in [0.5, 0.6) is 11.5 Å². The number of nitrogens with zero attached hydrogens (tertiary/aromatic N) is 1. The molecule has 1 aliphatic heterocycles. The molecular formula is C11H9BrN2O3. The van der Waals surface area contributed by atoms with Crippen LogP contribution in [-0.2, 0) is 0 Å². The minimum absolute atomic E-state index is 0.233. The Labute approximate surface area is 106 Å². The number of anilines is 1. The monoisotopic (exact) mass is 296 g/mol. The van der Waals surface area contributed by atoms with Crippen LogP contribution >= 0.6 is 15.9 Å². The fraction of sp³-hybridized carbons (Fsp3) is 0.182. The summed E-state index contributed by atoms with van der Waals surface area (Å²) >= 11 is 3.44. The third kappa shape index (κ3) is 1.56. The third-order valence-corrected chi connectivity index (χ3v) is 3.23. The lowest BCUT2D eigenvalue weighted by molar-refractivity contribution is 0.173. The van der Waals surface area contributed by atoms with E-state index < -0.39 is 0 Å². The lowest BCUT2D eigenvalue weighted by atomic mass is 10.0. The number of aromatic nitrogens is 1. The molecule has 6 heteroatoms. The highest BCUT2D eigenvalue weighted by Crippen LogP contribution is 2.46. The van der Waals surface area contributed by atoms with Gasteiger partial charge in [-0.25, -0.2) is 0 Å². The molecule has 5 nitrogen and oxygen atoms in total. The van der Waals surface area contributed by atoms with Gasteiger partial charge >= 0.3 is 0 Å².